The molecule has 0 saturated carbocycles. The summed E-state index contributed by atoms with van der Waals surface area (Å²) in [7, 11) is 0. The van der Waals surface area contributed by atoms with Gasteiger partial charge in [0.15, 0.2) is 0 Å². The van der Waals surface area contributed by atoms with Crippen LogP contribution in [0, 0.1) is 5.92 Å². The van der Waals surface area contributed by atoms with Crippen molar-refractivity contribution < 1.29 is 14.6 Å². The van der Waals surface area contributed by atoms with Crippen LogP contribution in [0.3, 0.4) is 0 Å². The highest BCUT2D eigenvalue weighted by Gasteiger charge is 2.23. The van der Waals surface area contributed by atoms with Crippen LogP contribution in [0.15, 0.2) is 0 Å². The highest BCUT2D eigenvalue weighted by atomic mass is 16.5. The Labute approximate surface area is 98.3 Å². The molecular formula is C12H25NO3. The van der Waals surface area contributed by atoms with Gasteiger partial charge in [0.1, 0.15) is 0 Å². The van der Waals surface area contributed by atoms with Gasteiger partial charge in [0, 0.05) is 19.7 Å². The second-order valence-corrected chi connectivity index (χ2v) is 4.82. The highest BCUT2D eigenvalue weighted by Crippen LogP contribution is 2.19. The fourth-order valence-corrected chi connectivity index (χ4v) is 1.84. The molecule has 0 aliphatic carbocycles. The van der Waals surface area contributed by atoms with Crippen LogP contribution in [-0.4, -0.2) is 49.7 Å². The summed E-state index contributed by atoms with van der Waals surface area (Å²) < 4.78 is 10.8. The predicted molar refractivity (Wildman–Crippen MR) is 63.5 cm³/mol. The van der Waals surface area contributed by atoms with Crippen LogP contribution in [0.2, 0.25) is 0 Å². The normalized spacial score (nSPS) is 27.6. The molecular weight excluding hydrogens is 206 g/mol. The third-order valence-electron chi connectivity index (χ3n) is 2.94. The molecule has 4 nitrogen and oxygen atoms in total. The van der Waals surface area contributed by atoms with E-state index in [9.17, 15) is 5.11 Å². The summed E-state index contributed by atoms with van der Waals surface area (Å²) in [6, 6.07) is 0. The summed E-state index contributed by atoms with van der Waals surface area (Å²) in [4.78, 5) is 0. The van der Waals surface area contributed by atoms with Crippen molar-refractivity contribution in [2.45, 2.75) is 45.5 Å². The van der Waals surface area contributed by atoms with Crippen molar-refractivity contribution in [3.05, 3.63) is 0 Å². The molecule has 1 rings (SSSR count). The Balaban J connectivity index is 2.01. The molecule has 2 N–H and O–H groups in total. The van der Waals surface area contributed by atoms with Gasteiger partial charge in [-0.3, -0.25) is 0 Å². The Hall–Kier alpha value is -0.160. The van der Waals surface area contributed by atoms with Crippen LogP contribution in [0.5, 0.6) is 0 Å². The minimum Gasteiger partial charge on any atom is -0.389 e. The van der Waals surface area contributed by atoms with Gasteiger partial charge in [-0.15, -0.1) is 0 Å². The van der Waals surface area contributed by atoms with Gasteiger partial charge in [0.05, 0.1) is 24.9 Å². The molecule has 1 heterocycles. The lowest BCUT2D eigenvalue weighted by Gasteiger charge is -2.17. The van der Waals surface area contributed by atoms with E-state index in [-0.39, 0.29) is 6.10 Å². The average molecular weight is 231 g/mol. The van der Waals surface area contributed by atoms with Crippen molar-refractivity contribution in [2.24, 2.45) is 5.92 Å². The largest absolute Gasteiger partial charge is 0.389 e. The molecule has 3 unspecified atom stereocenters. The van der Waals surface area contributed by atoms with Gasteiger partial charge in [-0.2, -0.15) is 0 Å². The third kappa shape index (κ3) is 5.25. The zero-order valence-corrected chi connectivity index (χ0v) is 10.6. The topological polar surface area (TPSA) is 50.7 Å². The van der Waals surface area contributed by atoms with E-state index in [1.165, 1.54) is 0 Å². The lowest BCUT2D eigenvalue weighted by Crippen LogP contribution is -2.35. The van der Waals surface area contributed by atoms with Crippen LogP contribution in [0.1, 0.15) is 27.2 Å². The van der Waals surface area contributed by atoms with Gasteiger partial charge in [0.25, 0.3) is 0 Å². The fourth-order valence-electron chi connectivity index (χ4n) is 1.84. The number of hydrogen-bond donors (Lipinski definition) is 2. The van der Waals surface area contributed by atoms with Gasteiger partial charge in [0.2, 0.25) is 0 Å². The first-order valence-corrected chi connectivity index (χ1v) is 6.21. The van der Waals surface area contributed by atoms with Gasteiger partial charge >= 0.3 is 0 Å². The predicted octanol–water partition coefficient (Wildman–Crippen LogP) is 0.787. The minimum atomic E-state index is -0.417. The van der Waals surface area contributed by atoms with E-state index in [1.54, 1.807) is 0 Å². The molecule has 4 heteroatoms. The molecule has 0 spiro atoms. The number of ether oxygens (including phenoxy) is 2. The molecule has 16 heavy (non-hydrogen) atoms. The Morgan fingerprint density at radius 1 is 1.50 bits per heavy atom. The lowest BCUT2D eigenvalue weighted by atomic mass is 10.0. The van der Waals surface area contributed by atoms with Gasteiger partial charge in [-0.1, -0.05) is 0 Å². The van der Waals surface area contributed by atoms with E-state index >= 15 is 0 Å². The van der Waals surface area contributed by atoms with Crippen molar-refractivity contribution in [1.82, 2.24) is 5.32 Å². The second kappa shape index (κ2) is 7.22. The average Bonchev–Trinajstić information content (AvgIpc) is 2.61. The lowest BCUT2D eigenvalue weighted by molar-refractivity contribution is 0.00583. The van der Waals surface area contributed by atoms with Crippen molar-refractivity contribution in [3.63, 3.8) is 0 Å². The molecule has 0 aromatic heterocycles. The van der Waals surface area contributed by atoms with E-state index < -0.39 is 6.10 Å². The maximum absolute atomic E-state index is 9.62. The molecule has 0 radical (unpaired) electrons. The van der Waals surface area contributed by atoms with Crippen molar-refractivity contribution in [3.8, 4) is 0 Å². The quantitative estimate of drug-likeness (QED) is 0.680. The van der Waals surface area contributed by atoms with Crippen LogP contribution >= 0.6 is 0 Å². The number of nitrogens with one attached hydrogen (secondary N) is 1. The number of aliphatic hydroxyl groups is 1. The molecule has 3 atom stereocenters. The first-order valence-electron chi connectivity index (χ1n) is 6.21. The summed E-state index contributed by atoms with van der Waals surface area (Å²) in [5.74, 6) is 0.582. The third-order valence-corrected chi connectivity index (χ3v) is 2.94. The van der Waals surface area contributed by atoms with Crippen LogP contribution < -0.4 is 5.32 Å². The summed E-state index contributed by atoms with van der Waals surface area (Å²) in [5, 5.41) is 12.9. The Morgan fingerprint density at radius 2 is 2.25 bits per heavy atom. The molecule has 1 saturated heterocycles. The summed E-state index contributed by atoms with van der Waals surface area (Å²) in [6.07, 6.45) is 1.22. The first-order chi connectivity index (χ1) is 7.59. The Kier molecular flexibility index (Phi) is 6.28. The zero-order chi connectivity index (χ0) is 12.0. The van der Waals surface area contributed by atoms with E-state index in [1.807, 2.05) is 13.8 Å². The molecule has 1 fully saturated rings. The van der Waals surface area contributed by atoms with E-state index in [0.29, 0.717) is 25.2 Å². The number of rotatable bonds is 7. The van der Waals surface area contributed by atoms with Crippen LogP contribution in [-0.2, 0) is 9.47 Å². The molecule has 0 amide bonds. The molecule has 0 aromatic carbocycles. The summed E-state index contributed by atoms with van der Waals surface area (Å²) >= 11 is 0. The molecule has 0 bridgehead atoms. The Morgan fingerprint density at radius 3 is 2.81 bits per heavy atom. The standard InChI is InChI=1S/C12H25NO3/c1-9(2)16-8-12(14)7-13-6-11-4-5-15-10(11)3/h9-14H,4-8H2,1-3H3. The van der Waals surface area contributed by atoms with E-state index in [2.05, 4.69) is 12.2 Å². The monoisotopic (exact) mass is 231 g/mol. The summed E-state index contributed by atoms with van der Waals surface area (Å²) in [6.45, 7) is 8.83. The maximum atomic E-state index is 9.62. The molecule has 0 aromatic rings. The maximum Gasteiger partial charge on any atom is 0.0897 e. The van der Waals surface area contributed by atoms with E-state index in [0.717, 1.165) is 19.6 Å². The number of hydrogen-bond acceptors (Lipinski definition) is 4. The highest BCUT2D eigenvalue weighted by molar-refractivity contribution is 4.75. The second-order valence-electron chi connectivity index (χ2n) is 4.82. The van der Waals surface area contributed by atoms with Crippen molar-refractivity contribution >= 4 is 0 Å². The van der Waals surface area contributed by atoms with E-state index in [4.69, 9.17) is 9.47 Å². The van der Waals surface area contributed by atoms with Gasteiger partial charge in [-0.05, 0) is 33.1 Å². The minimum absolute atomic E-state index is 0.179. The van der Waals surface area contributed by atoms with Crippen molar-refractivity contribution in [2.75, 3.05) is 26.3 Å². The molecule has 96 valence electrons. The summed E-state index contributed by atoms with van der Waals surface area (Å²) in [5.41, 5.74) is 0. The SMILES string of the molecule is CC(C)OCC(O)CNCC1CCOC1C. The number of aliphatic hydroxyl groups excluding tert-OH is 1. The zero-order valence-electron chi connectivity index (χ0n) is 10.6. The fraction of sp³-hybridized carbons (Fsp3) is 1.00. The smallest absolute Gasteiger partial charge is 0.0897 e. The van der Waals surface area contributed by atoms with Gasteiger partial charge in [-0.25, -0.2) is 0 Å². The van der Waals surface area contributed by atoms with Crippen LogP contribution in [0.4, 0.5) is 0 Å². The van der Waals surface area contributed by atoms with Crippen LogP contribution in [0.25, 0.3) is 0 Å². The molecule has 1 aliphatic rings. The first kappa shape index (κ1) is 13.9. The van der Waals surface area contributed by atoms with Gasteiger partial charge < -0.3 is 19.9 Å². The van der Waals surface area contributed by atoms with Crippen molar-refractivity contribution in [1.29, 1.82) is 0 Å². The Bertz CT molecular complexity index is 187. The molecule has 1 aliphatic heterocycles.